The van der Waals surface area contributed by atoms with Gasteiger partial charge in [0, 0.05) is 18.8 Å². The smallest absolute Gasteiger partial charge is 0.255 e. The number of halogens is 2. The Labute approximate surface area is 106 Å². The zero-order chi connectivity index (χ0) is 11.0. The van der Waals surface area contributed by atoms with Gasteiger partial charge in [0.2, 0.25) is 0 Å². The van der Waals surface area contributed by atoms with Crippen molar-refractivity contribution in [1.82, 2.24) is 4.90 Å². The summed E-state index contributed by atoms with van der Waals surface area (Å²) in [7, 11) is 1.81. The lowest BCUT2D eigenvalue weighted by Crippen LogP contribution is -2.28. The van der Waals surface area contributed by atoms with Crippen LogP contribution in [0.15, 0.2) is 18.2 Å². The van der Waals surface area contributed by atoms with E-state index in [1.807, 2.05) is 7.05 Å². The van der Waals surface area contributed by atoms with Crippen molar-refractivity contribution >= 4 is 35.6 Å². The first-order valence-electron chi connectivity index (χ1n) is 4.92. The van der Waals surface area contributed by atoms with Crippen LogP contribution < -0.4 is 5.73 Å². The van der Waals surface area contributed by atoms with Crippen LogP contribution in [0.1, 0.15) is 23.2 Å². The molecule has 2 rings (SSSR count). The number of anilines is 1. The van der Waals surface area contributed by atoms with Gasteiger partial charge in [-0.3, -0.25) is 4.79 Å². The summed E-state index contributed by atoms with van der Waals surface area (Å²) in [6.45, 7) is 0. The molecule has 1 fully saturated rings. The van der Waals surface area contributed by atoms with Crippen LogP contribution in [0.4, 0.5) is 5.69 Å². The van der Waals surface area contributed by atoms with Crippen molar-refractivity contribution in [3.05, 3.63) is 28.8 Å². The second kappa shape index (κ2) is 4.93. The fourth-order valence-corrected chi connectivity index (χ4v) is 1.79. The lowest BCUT2D eigenvalue weighted by atomic mass is 10.2. The molecule has 0 aromatic heterocycles. The van der Waals surface area contributed by atoms with Crippen LogP contribution in [-0.2, 0) is 0 Å². The second-order valence-corrected chi connectivity index (χ2v) is 4.29. The molecule has 1 saturated carbocycles. The molecule has 1 aliphatic carbocycles. The number of hydrogen-bond acceptors (Lipinski definition) is 2. The van der Waals surface area contributed by atoms with Gasteiger partial charge in [0.05, 0.1) is 10.6 Å². The summed E-state index contributed by atoms with van der Waals surface area (Å²) in [5.41, 5.74) is 6.67. The van der Waals surface area contributed by atoms with Gasteiger partial charge in [-0.05, 0) is 31.0 Å². The molecule has 0 unspecified atom stereocenters. The minimum Gasteiger partial charge on any atom is -0.399 e. The summed E-state index contributed by atoms with van der Waals surface area (Å²) < 4.78 is 0. The average Bonchev–Trinajstić information content (AvgIpc) is 2.99. The van der Waals surface area contributed by atoms with Crippen LogP contribution in [-0.4, -0.2) is 23.9 Å². The van der Waals surface area contributed by atoms with E-state index in [9.17, 15) is 4.79 Å². The van der Waals surface area contributed by atoms with Gasteiger partial charge in [0.25, 0.3) is 5.91 Å². The minimum atomic E-state index is -0.0255. The van der Waals surface area contributed by atoms with Crippen LogP contribution in [0.25, 0.3) is 0 Å². The summed E-state index contributed by atoms with van der Waals surface area (Å²) in [5, 5.41) is 0.424. The summed E-state index contributed by atoms with van der Waals surface area (Å²) in [5.74, 6) is -0.0255. The van der Waals surface area contributed by atoms with Crippen LogP contribution in [0.5, 0.6) is 0 Å². The van der Waals surface area contributed by atoms with Crippen molar-refractivity contribution in [3.63, 3.8) is 0 Å². The quantitative estimate of drug-likeness (QED) is 0.831. The van der Waals surface area contributed by atoms with E-state index in [1.165, 1.54) is 0 Å². The van der Waals surface area contributed by atoms with Gasteiger partial charge in [0.15, 0.2) is 0 Å². The van der Waals surface area contributed by atoms with Crippen LogP contribution in [0.3, 0.4) is 0 Å². The van der Waals surface area contributed by atoms with Gasteiger partial charge in [-0.2, -0.15) is 0 Å². The Bertz CT molecular complexity index is 405. The zero-order valence-electron chi connectivity index (χ0n) is 8.94. The molecule has 1 aromatic rings. The predicted molar refractivity (Wildman–Crippen MR) is 68.2 cm³/mol. The maximum atomic E-state index is 12.0. The molecular formula is C11H14Cl2N2O. The van der Waals surface area contributed by atoms with Gasteiger partial charge >= 0.3 is 0 Å². The van der Waals surface area contributed by atoms with E-state index in [1.54, 1.807) is 23.1 Å². The fourth-order valence-electron chi connectivity index (χ4n) is 1.52. The molecule has 0 atom stereocenters. The van der Waals surface area contributed by atoms with E-state index in [-0.39, 0.29) is 18.3 Å². The average molecular weight is 261 g/mol. The maximum absolute atomic E-state index is 12.0. The van der Waals surface area contributed by atoms with Gasteiger partial charge in [-0.15, -0.1) is 12.4 Å². The molecule has 0 radical (unpaired) electrons. The third-order valence-electron chi connectivity index (χ3n) is 2.64. The number of nitrogen functional groups attached to an aromatic ring is 1. The maximum Gasteiger partial charge on any atom is 0.255 e. The van der Waals surface area contributed by atoms with Crippen molar-refractivity contribution in [2.45, 2.75) is 18.9 Å². The molecule has 0 bridgehead atoms. The normalized spacial score (nSPS) is 14.1. The van der Waals surface area contributed by atoms with E-state index < -0.39 is 0 Å². The number of carbonyl (C=O) groups excluding carboxylic acids is 1. The number of nitrogens with two attached hydrogens (primary N) is 1. The van der Waals surface area contributed by atoms with Gasteiger partial charge in [-0.1, -0.05) is 11.6 Å². The molecular weight excluding hydrogens is 247 g/mol. The Morgan fingerprint density at radius 1 is 1.50 bits per heavy atom. The highest BCUT2D eigenvalue weighted by Gasteiger charge is 2.30. The highest BCUT2D eigenvalue weighted by molar-refractivity contribution is 6.34. The molecule has 1 amide bonds. The number of carbonyl (C=O) groups is 1. The number of benzene rings is 1. The Hall–Kier alpha value is -0.930. The third kappa shape index (κ3) is 2.60. The molecule has 5 heteroatoms. The Kier molecular flexibility index (Phi) is 4.05. The number of hydrogen-bond donors (Lipinski definition) is 1. The van der Waals surface area contributed by atoms with Gasteiger partial charge in [-0.25, -0.2) is 0 Å². The molecule has 1 aromatic carbocycles. The first-order chi connectivity index (χ1) is 7.09. The molecule has 1 aliphatic rings. The van der Waals surface area contributed by atoms with Gasteiger partial charge in [0.1, 0.15) is 0 Å². The van der Waals surface area contributed by atoms with E-state index in [0.717, 1.165) is 12.8 Å². The van der Waals surface area contributed by atoms with Crippen molar-refractivity contribution in [2.75, 3.05) is 12.8 Å². The highest BCUT2D eigenvalue weighted by atomic mass is 35.5. The summed E-state index contributed by atoms with van der Waals surface area (Å²) in [6.07, 6.45) is 2.18. The van der Waals surface area contributed by atoms with Crippen molar-refractivity contribution in [1.29, 1.82) is 0 Å². The van der Waals surface area contributed by atoms with Crippen LogP contribution in [0.2, 0.25) is 5.02 Å². The number of nitrogens with zero attached hydrogens (tertiary/aromatic N) is 1. The SMILES string of the molecule is CN(C(=O)c1ccc(N)cc1Cl)C1CC1.Cl. The number of amides is 1. The first kappa shape index (κ1) is 13.1. The molecule has 16 heavy (non-hydrogen) atoms. The highest BCUT2D eigenvalue weighted by Crippen LogP contribution is 2.28. The fraction of sp³-hybridized carbons (Fsp3) is 0.364. The summed E-state index contributed by atoms with van der Waals surface area (Å²) in [6, 6.07) is 5.37. The molecule has 88 valence electrons. The van der Waals surface area contributed by atoms with E-state index in [0.29, 0.717) is 22.3 Å². The Morgan fingerprint density at radius 2 is 2.12 bits per heavy atom. The standard InChI is InChI=1S/C11H13ClN2O.ClH/c1-14(8-3-4-8)11(15)9-5-2-7(13)6-10(9)12;/h2,5-6,8H,3-4,13H2,1H3;1H. The zero-order valence-corrected chi connectivity index (χ0v) is 10.5. The largest absolute Gasteiger partial charge is 0.399 e. The monoisotopic (exact) mass is 260 g/mol. The van der Waals surface area contributed by atoms with E-state index in [4.69, 9.17) is 17.3 Å². The molecule has 2 N–H and O–H groups in total. The van der Waals surface area contributed by atoms with Crippen LogP contribution in [0, 0.1) is 0 Å². The third-order valence-corrected chi connectivity index (χ3v) is 2.95. The molecule has 0 spiro atoms. The van der Waals surface area contributed by atoms with E-state index >= 15 is 0 Å². The summed E-state index contributed by atoms with van der Waals surface area (Å²) in [4.78, 5) is 13.7. The second-order valence-electron chi connectivity index (χ2n) is 3.89. The predicted octanol–water partition coefficient (Wildman–Crippen LogP) is 2.58. The lowest BCUT2D eigenvalue weighted by molar-refractivity contribution is 0.0785. The Morgan fingerprint density at radius 3 is 2.62 bits per heavy atom. The number of rotatable bonds is 2. The lowest BCUT2D eigenvalue weighted by Gasteiger charge is -2.17. The van der Waals surface area contributed by atoms with E-state index in [2.05, 4.69) is 0 Å². The van der Waals surface area contributed by atoms with Crippen molar-refractivity contribution in [3.8, 4) is 0 Å². The molecule has 0 heterocycles. The van der Waals surface area contributed by atoms with Crippen LogP contribution >= 0.6 is 24.0 Å². The topological polar surface area (TPSA) is 46.3 Å². The van der Waals surface area contributed by atoms with Crippen molar-refractivity contribution in [2.24, 2.45) is 0 Å². The Balaban J connectivity index is 0.00000128. The molecule has 0 saturated heterocycles. The minimum absolute atomic E-state index is 0. The molecule has 0 aliphatic heterocycles. The first-order valence-corrected chi connectivity index (χ1v) is 5.29. The molecule has 3 nitrogen and oxygen atoms in total. The van der Waals surface area contributed by atoms with Crippen molar-refractivity contribution < 1.29 is 4.79 Å². The van der Waals surface area contributed by atoms with Gasteiger partial charge < -0.3 is 10.6 Å². The summed E-state index contributed by atoms with van der Waals surface area (Å²) >= 11 is 5.97.